The number of hydrogen-bond acceptors (Lipinski definition) is 6. The second kappa shape index (κ2) is 14.0. The molecule has 11 heteroatoms. The number of nitrogens with one attached hydrogen (secondary N) is 3. The number of aliphatic imine (C=N–C) groups is 1. The molecule has 1 aromatic carbocycles. The van der Waals surface area contributed by atoms with Crippen molar-refractivity contribution in [2.45, 2.75) is 12.5 Å². The minimum atomic E-state index is -3.15. The van der Waals surface area contributed by atoms with Crippen LogP contribution in [0.25, 0.3) is 0 Å². The molecule has 1 atom stereocenters. The molecule has 0 aromatic heterocycles. The molecular weight excluding hydrogens is 521 g/mol. The van der Waals surface area contributed by atoms with Gasteiger partial charge in [0.1, 0.15) is 5.75 Å². The Bertz CT molecular complexity index is 740. The lowest BCUT2D eigenvalue weighted by atomic mass is 10.0. The molecule has 0 saturated carbocycles. The van der Waals surface area contributed by atoms with Gasteiger partial charge in [0.25, 0.3) is 0 Å². The molecule has 3 N–H and O–H groups in total. The molecule has 9 nitrogen and oxygen atoms in total. The molecule has 1 aliphatic heterocycles. The van der Waals surface area contributed by atoms with Gasteiger partial charge in [-0.05, 0) is 24.1 Å². The monoisotopic (exact) mass is 555 g/mol. The third-order valence-electron chi connectivity index (χ3n) is 4.68. The summed E-state index contributed by atoms with van der Waals surface area (Å²) in [5.41, 5.74) is 1.20. The molecule has 1 saturated heterocycles. The summed E-state index contributed by atoms with van der Waals surface area (Å²) >= 11 is 0. The molecular formula is C19H34IN5O4S. The molecule has 1 unspecified atom stereocenters. The maximum atomic E-state index is 11.1. The number of rotatable bonds is 10. The Labute approximate surface area is 197 Å². The molecule has 1 aliphatic rings. The lowest BCUT2D eigenvalue weighted by Crippen LogP contribution is -2.46. The number of benzene rings is 1. The number of sulfonamides is 1. The van der Waals surface area contributed by atoms with Gasteiger partial charge in [-0.1, -0.05) is 12.1 Å². The average Bonchev–Trinajstić information content (AvgIpc) is 2.72. The second-order valence-corrected chi connectivity index (χ2v) is 8.67. The molecule has 1 fully saturated rings. The molecule has 0 aliphatic carbocycles. The fraction of sp³-hybridized carbons (Fsp3) is 0.632. The van der Waals surface area contributed by atoms with Crippen LogP contribution in [0, 0.1) is 0 Å². The van der Waals surface area contributed by atoms with Gasteiger partial charge < -0.3 is 20.1 Å². The first-order valence-electron chi connectivity index (χ1n) is 9.78. The summed E-state index contributed by atoms with van der Waals surface area (Å²) in [6.45, 7) is 4.91. The van der Waals surface area contributed by atoms with E-state index < -0.39 is 10.0 Å². The van der Waals surface area contributed by atoms with Crippen LogP contribution in [0.5, 0.6) is 5.75 Å². The first-order valence-corrected chi connectivity index (χ1v) is 11.7. The van der Waals surface area contributed by atoms with Crippen molar-refractivity contribution in [3.8, 4) is 5.75 Å². The van der Waals surface area contributed by atoms with Crippen LogP contribution >= 0.6 is 24.0 Å². The molecule has 0 radical (unpaired) electrons. The second-order valence-electron chi connectivity index (χ2n) is 6.84. The first-order chi connectivity index (χ1) is 13.9. The van der Waals surface area contributed by atoms with Gasteiger partial charge in [-0.25, -0.2) is 13.1 Å². The van der Waals surface area contributed by atoms with Crippen molar-refractivity contribution >= 4 is 40.0 Å². The highest BCUT2D eigenvalue weighted by Crippen LogP contribution is 2.23. The molecule has 30 heavy (non-hydrogen) atoms. The van der Waals surface area contributed by atoms with Gasteiger partial charge >= 0.3 is 0 Å². The highest BCUT2D eigenvalue weighted by atomic mass is 127. The van der Waals surface area contributed by atoms with Crippen LogP contribution in [0.15, 0.2) is 29.3 Å². The third-order valence-corrected chi connectivity index (χ3v) is 5.41. The summed E-state index contributed by atoms with van der Waals surface area (Å²) in [5.74, 6) is 1.53. The van der Waals surface area contributed by atoms with Crippen molar-refractivity contribution in [1.82, 2.24) is 20.3 Å². The van der Waals surface area contributed by atoms with Crippen LogP contribution in [-0.4, -0.2) is 85.6 Å². The molecule has 0 spiro atoms. The van der Waals surface area contributed by atoms with Gasteiger partial charge in [0.05, 0.1) is 32.6 Å². The number of hydrogen-bond donors (Lipinski definition) is 3. The summed E-state index contributed by atoms with van der Waals surface area (Å²) in [6, 6.07) is 8.31. The molecule has 2 rings (SSSR count). The zero-order valence-corrected chi connectivity index (χ0v) is 21.0. The highest BCUT2D eigenvalue weighted by Gasteiger charge is 2.23. The highest BCUT2D eigenvalue weighted by molar-refractivity contribution is 14.0. The number of morpholine rings is 1. The topological polar surface area (TPSA) is 104 Å². The van der Waals surface area contributed by atoms with Gasteiger partial charge in [0, 0.05) is 39.8 Å². The van der Waals surface area contributed by atoms with E-state index in [1.807, 2.05) is 12.1 Å². The predicted molar refractivity (Wildman–Crippen MR) is 130 cm³/mol. The summed E-state index contributed by atoms with van der Waals surface area (Å²) in [4.78, 5) is 6.67. The van der Waals surface area contributed by atoms with Crippen LogP contribution in [0.1, 0.15) is 18.0 Å². The molecule has 1 aromatic rings. The van der Waals surface area contributed by atoms with Crippen molar-refractivity contribution in [1.29, 1.82) is 0 Å². The summed E-state index contributed by atoms with van der Waals surface area (Å²) in [7, 11) is 0.239. The normalized spacial score (nSPS) is 16.4. The Kier molecular flexibility index (Phi) is 12.6. The number of ether oxygens (including phenoxy) is 2. The van der Waals surface area contributed by atoms with E-state index in [0.29, 0.717) is 32.0 Å². The number of halogens is 1. The number of guanidine groups is 1. The summed E-state index contributed by atoms with van der Waals surface area (Å²) < 4.78 is 35.5. The van der Waals surface area contributed by atoms with Crippen molar-refractivity contribution in [3.63, 3.8) is 0 Å². The standard InChI is InChI=1S/C19H33N5O4S.HI/c1-20-19(21-9-4-10-23-29(3,25)26)22-15-18(24-11-13-28-14-12-24)16-5-7-17(27-2)8-6-16;/h5-8,18,23H,4,9-15H2,1-3H3,(H2,20,21,22);1H. The van der Waals surface area contributed by atoms with Crippen molar-refractivity contribution in [2.24, 2.45) is 4.99 Å². The first kappa shape index (κ1) is 26.9. The zero-order valence-electron chi connectivity index (χ0n) is 17.9. The smallest absolute Gasteiger partial charge is 0.208 e. The molecule has 172 valence electrons. The van der Waals surface area contributed by atoms with Crippen molar-refractivity contribution < 1.29 is 17.9 Å². The largest absolute Gasteiger partial charge is 0.497 e. The summed E-state index contributed by atoms with van der Waals surface area (Å²) in [6.07, 6.45) is 1.82. The van der Waals surface area contributed by atoms with Gasteiger partial charge in [0.2, 0.25) is 10.0 Å². The molecule has 0 bridgehead atoms. The zero-order chi connectivity index (χ0) is 21.1. The maximum absolute atomic E-state index is 11.1. The Hall–Kier alpha value is -1.15. The fourth-order valence-electron chi connectivity index (χ4n) is 3.14. The van der Waals surface area contributed by atoms with Gasteiger partial charge in [0.15, 0.2) is 5.96 Å². The van der Waals surface area contributed by atoms with E-state index in [4.69, 9.17) is 9.47 Å². The van der Waals surface area contributed by atoms with E-state index >= 15 is 0 Å². The van der Waals surface area contributed by atoms with Gasteiger partial charge in [-0.15, -0.1) is 24.0 Å². The van der Waals surface area contributed by atoms with E-state index in [1.54, 1.807) is 14.2 Å². The predicted octanol–water partition coefficient (Wildman–Crippen LogP) is 0.791. The van der Waals surface area contributed by atoms with E-state index in [1.165, 1.54) is 5.56 Å². The van der Waals surface area contributed by atoms with Crippen molar-refractivity contribution in [2.75, 3.05) is 66.4 Å². The van der Waals surface area contributed by atoms with Crippen LogP contribution in [-0.2, 0) is 14.8 Å². The number of methoxy groups -OCH3 is 1. The lowest BCUT2D eigenvalue weighted by Gasteiger charge is -2.35. The van der Waals surface area contributed by atoms with Crippen LogP contribution < -0.4 is 20.1 Å². The maximum Gasteiger partial charge on any atom is 0.208 e. The van der Waals surface area contributed by atoms with Crippen molar-refractivity contribution in [3.05, 3.63) is 29.8 Å². The minimum absolute atomic E-state index is 0. The Morgan fingerprint density at radius 2 is 1.87 bits per heavy atom. The number of nitrogens with zero attached hydrogens (tertiary/aromatic N) is 2. The SMILES string of the molecule is CN=C(NCCCNS(C)(=O)=O)NCC(c1ccc(OC)cc1)N1CCOCC1.I. The third kappa shape index (κ3) is 9.77. The Balaban J connectivity index is 0.00000450. The summed E-state index contributed by atoms with van der Waals surface area (Å²) in [5, 5.41) is 6.61. The van der Waals surface area contributed by atoms with Gasteiger partial charge in [-0.3, -0.25) is 9.89 Å². The molecule has 1 heterocycles. The molecule has 0 amide bonds. The Morgan fingerprint density at radius 1 is 1.20 bits per heavy atom. The van der Waals surface area contributed by atoms with Crippen LogP contribution in [0.2, 0.25) is 0 Å². The van der Waals surface area contributed by atoms with E-state index in [0.717, 1.165) is 38.3 Å². The lowest BCUT2D eigenvalue weighted by molar-refractivity contribution is 0.0170. The average molecular weight is 555 g/mol. The van der Waals surface area contributed by atoms with Gasteiger partial charge in [-0.2, -0.15) is 0 Å². The van der Waals surface area contributed by atoms with E-state index in [-0.39, 0.29) is 30.0 Å². The van der Waals surface area contributed by atoms with E-state index in [9.17, 15) is 8.42 Å². The van der Waals surface area contributed by atoms with Crippen LogP contribution in [0.4, 0.5) is 0 Å². The minimum Gasteiger partial charge on any atom is -0.497 e. The van der Waals surface area contributed by atoms with Crippen LogP contribution in [0.3, 0.4) is 0 Å². The fourth-order valence-corrected chi connectivity index (χ4v) is 3.65. The Morgan fingerprint density at radius 3 is 2.43 bits per heavy atom. The quantitative estimate of drug-likeness (QED) is 0.170. The van der Waals surface area contributed by atoms with E-state index in [2.05, 4.69) is 37.4 Å².